The first-order valence-corrected chi connectivity index (χ1v) is 13.8. The average molecular weight is 514 g/mol. The second-order valence-corrected chi connectivity index (χ2v) is 11.3. The average Bonchev–Trinajstić information content (AvgIpc) is 3.55. The molecule has 0 unspecified atom stereocenters. The summed E-state index contributed by atoms with van der Waals surface area (Å²) in [6.07, 6.45) is 8.45. The van der Waals surface area contributed by atoms with Crippen LogP contribution in [0.3, 0.4) is 0 Å². The summed E-state index contributed by atoms with van der Waals surface area (Å²) in [6, 6.07) is 14.7. The van der Waals surface area contributed by atoms with Crippen LogP contribution in [0, 0.1) is 25.7 Å². The summed E-state index contributed by atoms with van der Waals surface area (Å²) in [5.41, 5.74) is 2.69. The van der Waals surface area contributed by atoms with E-state index in [2.05, 4.69) is 10.6 Å². The van der Waals surface area contributed by atoms with Gasteiger partial charge < -0.3 is 20.3 Å². The monoisotopic (exact) mass is 513 g/mol. The number of ether oxygens (including phenoxy) is 1. The molecule has 1 spiro atoms. The number of carbonyl (C=O) groups excluding carboxylic acids is 3. The molecule has 1 saturated carbocycles. The maximum absolute atomic E-state index is 14.1. The van der Waals surface area contributed by atoms with E-state index in [9.17, 15) is 14.4 Å². The fraction of sp³-hybridized carbons (Fsp3) is 0.452. The Balaban J connectivity index is 1.32. The molecule has 7 heteroatoms. The van der Waals surface area contributed by atoms with Crippen molar-refractivity contribution in [3.8, 4) is 0 Å². The number of nitrogens with zero attached hydrogens (tertiary/aromatic N) is 1. The minimum absolute atomic E-state index is 0.104. The largest absolute Gasteiger partial charge is 0.359 e. The number of aryl methyl sites for hydroxylation is 2. The highest BCUT2D eigenvalue weighted by Gasteiger charge is 2.72. The first-order chi connectivity index (χ1) is 18.4. The van der Waals surface area contributed by atoms with Gasteiger partial charge in [0.2, 0.25) is 17.7 Å². The standard InChI is InChI=1S/C31H35N3O4/c1-19-13-14-23(17-20(19)2)33-28(35)25-24-15-16-31(38-24)26(25)30(37)34(18-21-9-5-3-6-10-21)27(31)29(36)32-22-11-7-4-8-12-22/h3,5-6,9-10,13-17,22,24-27H,4,7-8,11-12,18H2,1-2H3,(H,32,36)(H,33,35)/t24-,25-,26-,27+,31-/m0/s1. The second-order valence-electron chi connectivity index (χ2n) is 11.3. The van der Waals surface area contributed by atoms with Gasteiger partial charge in [-0.1, -0.05) is 67.8 Å². The van der Waals surface area contributed by atoms with E-state index in [1.54, 1.807) is 4.90 Å². The first kappa shape index (κ1) is 24.9. The van der Waals surface area contributed by atoms with Crippen molar-refractivity contribution >= 4 is 23.4 Å². The van der Waals surface area contributed by atoms with Gasteiger partial charge in [-0.2, -0.15) is 0 Å². The molecule has 3 fully saturated rings. The summed E-state index contributed by atoms with van der Waals surface area (Å²) in [4.78, 5) is 43.3. The molecule has 1 aliphatic carbocycles. The Hall–Kier alpha value is -3.45. The first-order valence-electron chi connectivity index (χ1n) is 13.8. The van der Waals surface area contributed by atoms with Gasteiger partial charge in [-0.05, 0) is 55.5 Å². The Bertz CT molecular complexity index is 1290. The molecule has 4 aliphatic rings. The third-order valence-corrected chi connectivity index (χ3v) is 8.85. The van der Waals surface area contributed by atoms with Crippen LogP contribution in [0.2, 0.25) is 0 Å². The van der Waals surface area contributed by atoms with Crippen molar-refractivity contribution in [1.82, 2.24) is 10.2 Å². The van der Waals surface area contributed by atoms with Gasteiger partial charge in [-0.25, -0.2) is 0 Å². The zero-order chi connectivity index (χ0) is 26.4. The molecule has 3 aliphatic heterocycles. The minimum atomic E-state index is -1.15. The van der Waals surface area contributed by atoms with E-state index in [1.165, 1.54) is 6.42 Å². The molecule has 0 radical (unpaired) electrons. The van der Waals surface area contributed by atoms with Crippen LogP contribution in [-0.2, 0) is 25.7 Å². The number of amides is 3. The number of anilines is 1. The maximum atomic E-state index is 14.1. The number of likely N-dealkylation sites (tertiary alicyclic amines) is 1. The van der Waals surface area contributed by atoms with Crippen molar-refractivity contribution in [2.24, 2.45) is 11.8 Å². The van der Waals surface area contributed by atoms with Crippen molar-refractivity contribution in [3.05, 3.63) is 77.4 Å². The maximum Gasteiger partial charge on any atom is 0.246 e. The quantitative estimate of drug-likeness (QED) is 0.571. The molecule has 2 bridgehead atoms. The SMILES string of the molecule is Cc1ccc(NC(=O)[C@H]2[C@@H]3C=C[C@]4(O3)[C@@H]2C(=O)N(Cc2ccccc2)[C@@H]4C(=O)NC2CCCCC2)cc1C. The third kappa shape index (κ3) is 4.13. The van der Waals surface area contributed by atoms with Crippen LogP contribution < -0.4 is 10.6 Å². The molecule has 6 rings (SSSR count). The molecular weight excluding hydrogens is 478 g/mol. The number of carbonyl (C=O) groups is 3. The molecule has 2 saturated heterocycles. The molecule has 3 amide bonds. The third-order valence-electron chi connectivity index (χ3n) is 8.85. The number of benzene rings is 2. The highest BCUT2D eigenvalue weighted by atomic mass is 16.5. The van der Waals surface area contributed by atoms with Crippen molar-refractivity contribution < 1.29 is 19.1 Å². The van der Waals surface area contributed by atoms with Crippen molar-refractivity contribution in [1.29, 1.82) is 0 Å². The van der Waals surface area contributed by atoms with Gasteiger partial charge in [0, 0.05) is 18.3 Å². The topological polar surface area (TPSA) is 87.7 Å². The van der Waals surface area contributed by atoms with E-state index in [-0.39, 0.29) is 30.3 Å². The predicted molar refractivity (Wildman–Crippen MR) is 144 cm³/mol. The highest BCUT2D eigenvalue weighted by molar-refractivity contribution is 6.02. The smallest absolute Gasteiger partial charge is 0.246 e. The number of hydrogen-bond acceptors (Lipinski definition) is 4. The highest BCUT2D eigenvalue weighted by Crippen LogP contribution is 2.55. The van der Waals surface area contributed by atoms with E-state index in [0.29, 0.717) is 5.69 Å². The van der Waals surface area contributed by atoms with E-state index in [0.717, 1.165) is 42.4 Å². The lowest BCUT2D eigenvalue weighted by Gasteiger charge is -2.34. The van der Waals surface area contributed by atoms with Gasteiger partial charge in [0.1, 0.15) is 11.6 Å². The van der Waals surface area contributed by atoms with Gasteiger partial charge >= 0.3 is 0 Å². The number of nitrogens with one attached hydrogen (secondary N) is 2. The molecular formula is C31H35N3O4. The Morgan fingerprint density at radius 3 is 2.50 bits per heavy atom. The lowest BCUT2D eigenvalue weighted by molar-refractivity contribution is -0.142. The normalized spacial score (nSPS) is 29.9. The summed E-state index contributed by atoms with van der Waals surface area (Å²) in [6.45, 7) is 4.31. The zero-order valence-electron chi connectivity index (χ0n) is 22.0. The van der Waals surface area contributed by atoms with Crippen LogP contribution >= 0.6 is 0 Å². The van der Waals surface area contributed by atoms with Crippen molar-refractivity contribution in [2.45, 2.75) is 76.3 Å². The molecule has 2 aromatic carbocycles. The number of fused-ring (bicyclic) bond motifs is 1. The van der Waals surface area contributed by atoms with Crippen LogP contribution in [-0.4, -0.2) is 46.4 Å². The molecule has 2 N–H and O–H groups in total. The Labute approximate surface area is 223 Å². The van der Waals surface area contributed by atoms with Crippen LogP contribution in [0.5, 0.6) is 0 Å². The minimum Gasteiger partial charge on any atom is -0.359 e. The molecule has 3 heterocycles. The van der Waals surface area contributed by atoms with E-state index in [1.807, 2.05) is 74.5 Å². The summed E-state index contributed by atoms with van der Waals surface area (Å²) >= 11 is 0. The van der Waals surface area contributed by atoms with Crippen LogP contribution in [0.15, 0.2) is 60.7 Å². The fourth-order valence-corrected chi connectivity index (χ4v) is 6.79. The van der Waals surface area contributed by atoms with E-state index in [4.69, 9.17) is 4.74 Å². The second kappa shape index (κ2) is 9.70. The number of rotatable bonds is 6. The van der Waals surface area contributed by atoms with E-state index >= 15 is 0 Å². The summed E-state index contributed by atoms with van der Waals surface area (Å²) < 4.78 is 6.46. The molecule has 0 aromatic heterocycles. The summed E-state index contributed by atoms with van der Waals surface area (Å²) in [5, 5.41) is 6.25. The molecule has 5 atom stereocenters. The van der Waals surface area contributed by atoms with Crippen LogP contribution in [0.25, 0.3) is 0 Å². The van der Waals surface area contributed by atoms with E-state index < -0.39 is 29.6 Å². The van der Waals surface area contributed by atoms with Crippen LogP contribution in [0.4, 0.5) is 5.69 Å². The van der Waals surface area contributed by atoms with Crippen LogP contribution in [0.1, 0.15) is 48.8 Å². The molecule has 7 nitrogen and oxygen atoms in total. The summed E-state index contributed by atoms with van der Waals surface area (Å²) in [5.74, 6) is -2.11. The van der Waals surface area contributed by atoms with Gasteiger partial charge in [0.15, 0.2) is 0 Å². The van der Waals surface area contributed by atoms with Crippen molar-refractivity contribution in [2.75, 3.05) is 5.32 Å². The predicted octanol–water partition coefficient (Wildman–Crippen LogP) is 4.04. The van der Waals surface area contributed by atoms with Gasteiger partial charge in [-0.3, -0.25) is 14.4 Å². The van der Waals surface area contributed by atoms with Gasteiger partial charge in [0.25, 0.3) is 0 Å². The Kier molecular flexibility index (Phi) is 6.34. The lowest BCUT2D eigenvalue weighted by Crippen LogP contribution is -2.56. The Morgan fingerprint density at radius 1 is 1.00 bits per heavy atom. The number of hydrogen-bond donors (Lipinski definition) is 2. The fourth-order valence-electron chi connectivity index (χ4n) is 6.79. The summed E-state index contributed by atoms with van der Waals surface area (Å²) in [7, 11) is 0. The molecule has 198 valence electrons. The zero-order valence-corrected chi connectivity index (χ0v) is 22.0. The molecule has 38 heavy (non-hydrogen) atoms. The van der Waals surface area contributed by atoms with Gasteiger partial charge in [-0.15, -0.1) is 0 Å². The molecule has 2 aromatic rings. The van der Waals surface area contributed by atoms with Gasteiger partial charge in [0.05, 0.1) is 17.9 Å². The van der Waals surface area contributed by atoms with Crippen molar-refractivity contribution in [3.63, 3.8) is 0 Å². The lowest BCUT2D eigenvalue weighted by atomic mass is 9.74. The Morgan fingerprint density at radius 2 is 1.76 bits per heavy atom.